The first-order valence-electron chi connectivity index (χ1n) is 14.1. The molecule has 0 aromatic carbocycles. The molecular weight excluding hydrogens is 424 g/mol. The van der Waals surface area contributed by atoms with Gasteiger partial charge in [-0.05, 0) is 92.3 Å². The summed E-state index contributed by atoms with van der Waals surface area (Å²) in [6.07, 6.45) is 12.4. The zero-order chi connectivity index (χ0) is 25.1. The number of hydrogen-bond donors (Lipinski definition) is 2. The average Bonchev–Trinajstić information content (AvgIpc) is 3.11. The van der Waals surface area contributed by atoms with Crippen molar-refractivity contribution in [2.45, 2.75) is 124 Å². The Labute approximate surface area is 207 Å². The summed E-state index contributed by atoms with van der Waals surface area (Å²) < 4.78 is 5.52. The molecule has 34 heavy (non-hydrogen) atoms. The smallest absolute Gasteiger partial charge is 0.302 e. The molecule has 4 saturated carbocycles. The highest BCUT2D eigenvalue weighted by Crippen LogP contribution is 2.70. The Balaban J connectivity index is 1.56. The van der Waals surface area contributed by atoms with Crippen LogP contribution in [0.1, 0.15) is 106 Å². The number of fused-ring (bicyclic) bond motifs is 5. The van der Waals surface area contributed by atoms with Crippen molar-refractivity contribution >= 4 is 5.97 Å². The van der Waals surface area contributed by atoms with Crippen molar-refractivity contribution in [3.8, 4) is 0 Å². The Bertz CT molecular complexity index is 806. The van der Waals surface area contributed by atoms with Crippen LogP contribution in [0, 0.1) is 46.3 Å². The maximum Gasteiger partial charge on any atom is 0.302 e. The monoisotopic (exact) mass is 474 g/mol. The van der Waals surface area contributed by atoms with Crippen molar-refractivity contribution in [3.05, 3.63) is 12.2 Å². The standard InChI is InChI=1S/C30H50O4/c1-19(2)20(3)8-9-21(4)24-10-11-25-27(24,6)14-13-26-28(7)15-12-23(34-22(5)31)18-29(28,32)16-17-30(25,26)33/h8-9,19-21,23-26,32-33H,10-18H2,1-7H3/b9-8+/t20-,21+,23?,24?,25?,26?,27?,28?,29+,30-/m0/s1. The van der Waals surface area contributed by atoms with Gasteiger partial charge in [0, 0.05) is 18.8 Å². The quantitative estimate of drug-likeness (QED) is 0.363. The zero-order valence-electron chi connectivity index (χ0n) is 22.8. The lowest BCUT2D eigenvalue weighted by Crippen LogP contribution is -2.69. The lowest BCUT2D eigenvalue weighted by atomic mass is 9.41. The van der Waals surface area contributed by atoms with Crippen molar-refractivity contribution in [2.24, 2.45) is 46.3 Å². The molecule has 0 aromatic heterocycles. The summed E-state index contributed by atoms with van der Waals surface area (Å²) >= 11 is 0. The summed E-state index contributed by atoms with van der Waals surface area (Å²) in [7, 11) is 0. The van der Waals surface area contributed by atoms with E-state index in [2.05, 4.69) is 53.7 Å². The fourth-order valence-corrected chi connectivity index (χ4v) is 9.22. The van der Waals surface area contributed by atoms with Crippen molar-refractivity contribution in [2.75, 3.05) is 0 Å². The second-order valence-electron chi connectivity index (χ2n) is 13.6. The van der Waals surface area contributed by atoms with E-state index in [1.165, 1.54) is 13.3 Å². The molecule has 4 fully saturated rings. The van der Waals surface area contributed by atoms with Gasteiger partial charge in [-0.3, -0.25) is 4.79 Å². The molecular formula is C30H50O4. The number of hydrogen-bond acceptors (Lipinski definition) is 4. The van der Waals surface area contributed by atoms with Crippen LogP contribution in [0.25, 0.3) is 0 Å². The molecule has 4 aliphatic rings. The summed E-state index contributed by atoms with van der Waals surface area (Å²) in [4.78, 5) is 11.5. The van der Waals surface area contributed by atoms with Gasteiger partial charge in [0.15, 0.2) is 0 Å². The summed E-state index contributed by atoms with van der Waals surface area (Å²) in [5.41, 5.74) is -1.74. The van der Waals surface area contributed by atoms with Gasteiger partial charge in [0.25, 0.3) is 0 Å². The molecule has 6 unspecified atom stereocenters. The first-order valence-corrected chi connectivity index (χ1v) is 14.1. The third kappa shape index (κ3) is 3.99. The fraction of sp³-hybridized carbons (Fsp3) is 0.900. The highest BCUT2D eigenvalue weighted by atomic mass is 16.5. The first kappa shape index (κ1) is 26.2. The van der Waals surface area contributed by atoms with Gasteiger partial charge < -0.3 is 14.9 Å². The van der Waals surface area contributed by atoms with E-state index < -0.39 is 11.2 Å². The van der Waals surface area contributed by atoms with Crippen LogP contribution < -0.4 is 0 Å². The summed E-state index contributed by atoms with van der Waals surface area (Å²) in [6, 6.07) is 0. The highest BCUT2D eigenvalue weighted by Gasteiger charge is 2.70. The molecule has 4 aliphatic carbocycles. The van der Waals surface area contributed by atoms with Gasteiger partial charge in [0.05, 0.1) is 11.2 Å². The SMILES string of the molecule is CC(=O)OC1CCC2(C)C3CCC4(C)C([C@H](C)/C=C/[C@H](C)C(C)C)CCC4[C@@]3(O)CC[C@@]2(O)C1. The number of rotatable bonds is 5. The van der Waals surface area contributed by atoms with Gasteiger partial charge in [0.1, 0.15) is 6.10 Å². The molecule has 0 heterocycles. The average molecular weight is 475 g/mol. The number of allylic oxidation sites excluding steroid dienone is 2. The van der Waals surface area contributed by atoms with Crippen LogP contribution in [0.15, 0.2) is 12.2 Å². The van der Waals surface area contributed by atoms with E-state index in [1.54, 1.807) is 0 Å². The van der Waals surface area contributed by atoms with Crippen LogP contribution in [0.2, 0.25) is 0 Å². The zero-order valence-corrected chi connectivity index (χ0v) is 22.8. The summed E-state index contributed by atoms with van der Waals surface area (Å²) in [5.74, 6) is 2.52. The van der Waals surface area contributed by atoms with E-state index in [-0.39, 0.29) is 28.8 Å². The van der Waals surface area contributed by atoms with E-state index in [1.807, 2.05) is 0 Å². The third-order valence-electron chi connectivity index (χ3n) is 11.6. The number of carbonyl (C=O) groups excluding carboxylic acids is 1. The molecule has 0 aromatic rings. The van der Waals surface area contributed by atoms with E-state index in [4.69, 9.17) is 4.74 Å². The minimum atomic E-state index is -0.864. The van der Waals surface area contributed by atoms with Crippen LogP contribution in [0.3, 0.4) is 0 Å². The van der Waals surface area contributed by atoms with Gasteiger partial charge in [-0.1, -0.05) is 53.7 Å². The predicted molar refractivity (Wildman–Crippen MR) is 136 cm³/mol. The maximum absolute atomic E-state index is 12.4. The van der Waals surface area contributed by atoms with Gasteiger partial charge in [-0.25, -0.2) is 0 Å². The van der Waals surface area contributed by atoms with E-state index in [0.29, 0.717) is 48.9 Å². The Morgan fingerprint density at radius 1 is 0.912 bits per heavy atom. The number of ether oxygens (including phenoxy) is 1. The van der Waals surface area contributed by atoms with Gasteiger partial charge >= 0.3 is 5.97 Å². The van der Waals surface area contributed by atoms with Crippen LogP contribution in [-0.4, -0.2) is 33.5 Å². The minimum Gasteiger partial charge on any atom is -0.462 e. The number of esters is 1. The highest BCUT2D eigenvalue weighted by molar-refractivity contribution is 5.66. The molecule has 10 atom stereocenters. The molecule has 0 saturated heterocycles. The van der Waals surface area contributed by atoms with Crippen molar-refractivity contribution in [3.63, 3.8) is 0 Å². The Morgan fingerprint density at radius 2 is 1.62 bits per heavy atom. The van der Waals surface area contributed by atoms with E-state index >= 15 is 0 Å². The van der Waals surface area contributed by atoms with Gasteiger partial charge in [-0.15, -0.1) is 0 Å². The first-order chi connectivity index (χ1) is 15.8. The van der Waals surface area contributed by atoms with Crippen LogP contribution >= 0.6 is 0 Å². The van der Waals surface area contributed by atoms with E-state index in [9.17, 15) is 15.0 Å². The molecule has 4 heteroatoms. The van der Waals surface area contributed by atoms with Crippen molar-refractivity contribution in [1.82, 2.24) is 0 Å². The predicted octanol–water partition coefficient (Wildman–Crippen LogP) is 6.29. The molecule has 2 N–H and O–H groups in total. The number of aliphatic hydroxyl groups is 2. The topological polar surface area (TPSA) is 66.8 Å². The molecule has 0 radical (unpaired) electrons. The molecule has 4 nitrogen and oxygen atoms in total. The van der Waals surface area contributed by atoms with Gasteiger partial charge in [0.2, 0.25) is 0 Å². The molecule has 0 aliphatic heterocycles. The fourth-order valence-electron chi connectivity index (χ4n) is 9.22. The molecule has 0 spiro atoms. The third-order valence-corrected chi connectivity index (χ3v) is 11.6. The van der Waals surface area contributed by atoms with Crippen molar-refractivity contribution < 1.29 is 19.7 Å². The van der Waals surface area contributed by atoms with Crippen molar-refractivity contribution in [1.29, 1.82) is 0 Å². The Hall–Kier alpha value is -0.870. The summed E-state index contributed by atoms with van der Waals surface area (Å²) in [6.45, 7) is 15.4. The molecule has 194 valence electrons. The lowest BCUT2D eigenvalue weighted by Gasteiger charge is -2.67. The molecule has 4 rings (SSSR count). The summed E-state index contributed by atoms with van der Waals surface area (Å²) in [5, 5.41) is 24.3. The minimum absolute atomic E-state index is 0.112. The normalized spacial score (nSPS) is 48.2. The second-order valence-corrected chi connectivity index (χ2v) is 13.6. The van der Waals surface area contributed by atoms with Crippen LogP contribution in [-0.2, 0) is 9.53 Å². The maximum atomic E-state index is 12.4. The Kier molecular flexibility index (Phi) is 6.86. The van der Waals surface area contributed by atoms with Crippen LogP contribution in [0.5, 0.6) is 0 Å². The van der Waals surface area contributed by atoms with Crippen LogP contribution in [0.4, 0.5) is 0 Å². The molecule has 0 bridgehead atoms. The van der Waals surface area contributed by atoms with E-state index in [0.717, 1.165) is 32.1 Å². The Morgan fingerprint density at radius 3 is 2.26 bits per heavy atom. The lowest BCUT2D eigenvalue weighted by molar-refractivity contribution is -0.277. The van der Waals surface area contributed by atoms with Gasteiger partial charge in [-0.2, -0.15) is 0 Å². The molecule has 0 amide bonds. The second kappa shape index (κ2) is 8.91. The largest absolute Gasteiger partial charge is 0.462 e. The number of carbonyl (C=O) groups is 1.